The highest BCUT2D eigenvalue weighted by molar-refractivity contribution is 7.13. The number of fused-ring (bicyclic) bond motifs is 1. The average molecular weight is 372 g/mol. The summed E-state index contributed by atoms with van der Waals surface area (Å²) in [4.78, 5) is 20.6. The third kappa shape index (κ3) is 3.17. The summed E-state index contributed by atoms with van der Waals surface area (Å²) in [5.41, 5.74) is 4.66. The highest BCUT2D eigenvalue weighted by atomic mass is 32.1. The van der Waals surface area contributed by atoms with E-state index in [-0.39, 0.29) is 12.0 Å². The average Bonchev–Trinajstić information content (AvgIpc) is 3.22. The van der Waals surface area contributed by atoms with Gasteiger partial charge in [-0.05, 0) is 43.9 Å². The van der Waals surface area contributed by atoms with Crippen LogP contribution in [0.15, 0.2) is 29.8 Å². The van der Waals surface area contributed by atoms with Crippen molar-refractivity contribution in [3.63, 3.8) is 0 Å². The fraction of sp³-hybridized carbons (Fsp3) is 0.500. The second-order valence-corrected chi connectivity index (χ2v) is 8.29. The summed E-state index contributed by atoms with van der Waals surface area (Å²) in [7, 11) is 0. The fourth-order valence-corrected chi connectivity index (χ4v) is 5.16. The van der Waals surface area contributed by atoms with E-state index in [9.17, 15) is 9.90 Å². The highest BCUT2D eigenvalue weighted by Crippen LogP contribution is 2.38. The van der Waals surface area contributed by atoms with E-state index in [0.29, 0.717) is 19.5 Å². The van der Waals surface area contributed by atoms with Gasteiger partial charge in [-0.1, -0.05) is 24.3 Å². The highest BCUT2D eigenvalue weighted by Gasteiger charge is 2.51. The molecule has 0 saturated carbocycles. The lowest BCUT2D eigenvalue weighted by Crippen LogP contribution is -2.57. The summed E-state index contributed by atoms with van der Waals surface area (Å²) in [5, 5.41) is 13.2. The van der Waals surface area contributed by atoms with Gasteiger partial charge in [0.25, 0.3) is 0 Å². The Morgan fingerprint density at radius 3 is 2.92 bits per heavy atom. The molecule has 1 aromatic carbocycles. The van der Waals surface area contributed by atoms with Crippen LogP contribution in [0.1, 0.15) is 36.9 Å². The van der Waals surface area contributed by atoms with Gasteiger partial charge in [0.2, 0.25) is 5.91 Å². The number of piperidine rings is 1. The number of β-amino-alcohol motifs (C(OH)–C–C–N with tert-alkyl or cyclic N) is 1. The number of benzene rings is 1. The number of aromatic nitrogens is 1. The molecule has 6 heteroatoms. The van der Waals surface area contributed by atoms with Gasteiger partial charge < -0.3 is 10.4 Å². The first-order valence-corrected chi connectivity index (χ1v) is 10.2. The monoisotopic (exact) mass is 371 g/mol. The third-order valence-corrected chi connectivity index (χ3v) is 6.69. The Bertz CT molecular complexity index is 789. The summed E-state index contributed by atoms with van der Waals surface area (Å²) >= 11 is 1.65. The van der Waals surface area contributed by atoms with E-state index in [1.54, 1.807) is 11.3 Å². The van der Waals surface area contributed by atoms with Crippen LogP contribution in [0.3, 0.4) is 0 Å². The standard InChI is InChI=1S/C20H25N3O2S/c1-14-18(26-13-22-14)16-6-4-15(5-7-16)11-21-19(25)20-8-2-3-9-23(20)12-17(24)10-20/h4-7,13,17,24H,2-3,8-12H2,1H3,(H,21,25). The maximum Gasteiger partial charge on any atom is 0.240 e. The molecule has 2 N–H and O–H groups in total. The predicted molar refractivity (Wildman–Crippen MR) is 103 cm³/mol. The molecule has 3 heterocycles. The SMILES string of the molecule is Cc1ncsc1-c1ccc(CNC(=O)C23CCCCN2CC(O)C3)cc1. The Morgan fingerprint density at radius 2 is 2.19 bits per heavy atom. The van der Waals surface area contributed by atoms with Crippen LogP contribution in [0.2, 0.25) is 0 Å². The van der Waals surface area contributed by atoms with E-state index in [1.165, 1.54) is 4.88 Å². The molecule has 138 valence electrons. The number of thiazole rings is 1. The van der Waals surface area contributed by atoms with Gasteiger partial charge in [-0.25, -0.2) is 4.98 Å². The Balaban J connectivity index is 1.42. The van der Waals surface area contributed by atoms with Gasteiger partial charge in [-0.3, -0.25) is 9.69 Å². The van der Waals surface area contributed by atoms with Gasteiger partial charge in [0.05, 0.1) is 22.2 Å². The molecule has 0 aliphatic carbocycles. The van der Waals surface area contributed by atoms with Crippen molar-refractivity contribution in [3.05, 3.63) is 41.0 Å². The molecule has 0 spiro atoms. The van der Waals surface area contributed by atoms with Crippen molar-refractivity contribution in [2.75, 3.05) is 13.1 Å². The first kappa shape index (κ1) is 17.6. The Labute approximate surface area is 158 Å². The molecule has 1 aromatic heterocycles. The van der Waals surface area contributed by atoms with Crippen molar-refractivity contribution in [1.29, 1.82) is 0 Å². The fourth-order valence-electron chi connectivity index (χ4n) is 4.35. The van der Waals surface area contributed by atoms with Gasteiger partial charge in [0.15, 0.2) is 0 Å². The molecular weight excluding hydrogens is 346 g/mol. The van der Waals surface area contributed by atoms with Crippen LogP contribution < -0.4 is 5.32 Å². The van der Waals surface area contributed by atoms with Crippen molar-refractivity contribution in [2.24, 2.45) is 0 Å². The lowest BCUT2D eigenvalue weighted by atomic mass is 9.85. The van der Waals surface area contributed by atoms with Crippen molar-refractivity contribution >= 4 is 17.2 Å². The van der Waals surface area contributed by atoms with E-state index in [4.69, 9.17) is 0 Å². The quantitative estimate of drug-likeness (QED) is 0.867. The molecular formula is C20H25N3O2S. The zero-order valence-electron chi connectivity index (χ0n) is 15.1. The normalized spacial score (nSPS) is 25.8. The minimum Gasteiger partial charge on any atom is -0.392 e. The largest absolute Gasteiger partial charge is 0.392 e. The van der Waals surface area contributed by atoms with Crippen LogP contribution in [0, 0.1) is 6.92 Å². The zero-order valence-corrected chi connectivity index (χ0v) is 15.9. The topological polar surface area (TPSA) is 65.5 Å². The number of nitrogens with one attached hydrogen (secondary N) is 1. The number of aliphatic hydroxyl groups excluding tert-OH is 1. The lowest BCUT2D eigenvalue weighted by Gasteiger charge is -2.40. The van der Waals surface area contributed by atoms with Gasteiger partial charge in [0.1, 0.15) is 5.54 Å². The van der Waals surface area contributed by atoms with Gasteiger partial charge in [-0.2, -0.15) is 0 Å². The molecule has 4 rings (SSSR count). The van der Waals surface area contributed by atoms with Crippen molar-refractivity contribution in [1.82, 2.24) is 15.2 Å². The molecule has 0 bridgehead atoms. The second-order valence-electron chi connectivity index (χ2n) is 7.44. The number of hydrogen-bond donors (Lipinski definition) is 2. The molecule has 2 atom stereocenters. The number of aryl methyl sites for hydroxylation is 1. The molecule has 2 saturated heterocycles. The van der Waals surface area contributed by atoms with E-state index < -0.39 is 5.54 Å². The maximum absolute atomic E-state index is 12.9. The van der Waals surface area contributed by atoms with Crippen molar-refractivity contribution in [3.8, 4) is 10.4 Å². The molecule has 0 radical (unpaired) electrons. The number of carbonyl (C=O) groups excluding carboxylic acids is 1. The molecule has 2 unspecified atom stereocenters. The van der Waals surface area contributed by atoms with E-state index in [2.05, 4.69) is 39.5 Å². The molecule has 2 aliphatic rings. The zero-order chi connectivity index (χ0) is 18.1. The number of hydrogen-bond acceptors (Lipinski definition) is 5. The Kier molecular flexibility index (Phi) is 4.82. The maximum atomic E-state index is 12.9. The minimum absolute atomic E-state index is 0.0659. The Hall–Kier alpha value is -1.76. The van der Waals surface area contributed by atoms with Crippen LogP contribution in [-0.2, 0) is 11.3 Å². The van der Waals surface area contributed by atoms with Crippen LogP contribution in [-0.4, -0.2) is 45.6 Å². The number of nitrogens with zero attached hydrogens (tertiary/aromatic N) is 2. The van der Waals surface area contributed by atoms with Crippen LogP contribution in [0.25, 0.3) is 10.4 Å². The predicted octanol–water partition coefficient (Wildman–Crippen LogP) is 2.72. The molecule has 5 nitrogen and oxygen atoms in total. The van der Waals surface area contributed by atoms with Crippen LogP contribution >= 0.6 is 11.3 Å². The summed E-state index contributed by atoms with van der Waals surface area (Å²) < 4.78 is 0. The van der Waals surface area contributed by atoms with Crippen LogP contribution in [0.5, 0.6) is 0 Å². The number of rotatable bonds is 4. The van der Waals surface area contributed by atoms with Gasteiger partial charge in [-0.15, -0.1) is 11.3 Å². The number of carbonyl (C=O) groups is 1. The summed E-state index contributed by atoms with van der Waals surface area (Å²) in [6.07, 6.45) is 3.18. The first-order chi connectivity index (χ1) is 12.6. The molecule has 2 aromatic rings. The van der Waals surface area contributed by atoms with Gasteiger partial charge >= 0.3 is 0 Å². The minimum atomic E-state index is -0.503. The molecule has 2 aliphatic heterocycles. The second kappa shape index (κ2) is 7.10. The first-order valence-electron chi connectivity index (χ1n) is 9.29. The third-order valence-electron chi connectivity index (χ3n) is 5.72. The summed E-state index contributed by atoms with van der Waals surface area (Å²) in [6, 6.07) is 8.31. The van der Waals surface area contributed by atoms with Crippen LogP contribution in [0.4, 0.5) is 0 Å². The molecule has 1 amide bonds. The summed E-state index contributed by atoms with van der Waals surface area (Å²) in [6.45, 7) is 4.07. The smallest absolute Gasteiger partial charge is 0.240 e. The van der Waals surface area contributed by atoms with Crippen molar-refractivity contribution in [2.45, 2.75) is 50.8 Å². The lowest BCUT2D eigenvalue weighted by molar-refractivity contribution is -0.134. The summed E-state index contributed by atoms with van der Waals surface area (Å²) in [5.74, 6) is 0.0659. The van der Waals surface area contributed by atoms with E-state index >= 15 is 0 Å². The Morgan fingerprint density at radius 1 is 1.38 bits per heavy atom. The van der Waals surface area contributed by atoms with Crippen molar-refractivity contribution < 1.29 is 9.90 Å². The molecule has 2 fully saturated rings. The number of aliphatic hydroxyl groups is 1. The molecule has 26 heavy (non-hydrogen) atoms. The number of amides is 1. The van der Waals surface area contributed by atoms with E-state index in [0.717, 1.165) is 42.6 Å². The van der Waals surface area contributed by atoms with E-state index in [1.807, 2.05) is 12.4 Å². The van der Waals surface area contributed by atoms with Gasteiger partial charge in [0, 0.05) is 19.5 Å².